The zero-order valence-electron chi connectivity index (χ0n) is 11.2. The molecule has 0 spiro atoms. The van der Waals surface area contributed by atoms with Gasteiger partial charge in [-0.3, -0.25) is 0 Å². The number of hydrogen-bond donors (Lipinski definition) is 2. The summed E-state index contributed by atoms with van der Waals surface area (Å²) < 4.78 is 0. The molecule has 0 heterocycles. The molecule has 3 nitrogen and oxygen atoms in total. The Morgan fingerprint density at radius 1 is 1.44 bits per heavy atom. The van der Waals surface area contributed by atoms with Crippen molar-refractivity contribution in [1.82, 2.24) is 0 Å². The molecule has 1 aliphatic carbocycles. The molecule has 2 rings (SSSR count). The van der Waals surface area contributed by atoms with E-state index in [1.807, 2.05) is 18.2 Å². The van der Waals surface area contributed by atoms with Crippen molar-refractivity contribution in [3.8, 4) is 6.07 Å². The van der Waals surface area contributed by atoms with Crippen LogP contribution in [0.5, 0.6) is 0 Å². The summed E-state index contributed by atoms with van der Waals surface area (Å²) in [6, 6.07) is 8.01. The number of nitrogen functional groups attached to an aromatic ring is 1. The quantitative estimate of drug-likeness (QED) is 0.781. The van der Waals surface area contributed by atoms with E-state index in [0.29, 0.717) is 17.5 Å². The van der Waals surface area contributed by atoms with Crippen LogP contribution < -0.4 is 11.1 Å². The van der Waals surface area contributed by atoms with Crippen molar-refractivity contribution < 1.29 is 0 Å². The number of anilines is 2. The van der Waals surface area contributed by atoms with E-state index in [9.17, 15) is 0 Å². The van der Waals surface area contributed by atoms with Gasteiger partial charge in [-0.15, -0.1) is 0 Å². The summed E-state index contributed by atoms with van der Waals surface area (Å²) in [5.74, 6) is 0.720. The average molecular weight is 243 g/mol. The van der Waals surface area contributed by atoms with E-state index in [2.05, 4.69) is 25.2 Å². The summed E-state index contributed by atoms with van der Waals surface area (Å²) in [5, 5.41) is 12.2. The van der Waals surface area contributed by atoms with Gasteiger partial charge in [-0.2, -0.15) is 5.26 Å². The molecule has 0 amide bonds. The smallest absolute Gasteiger partial charge is 0.0670 e. The monoisotopic (exact) mass is 243 g/mol. The Balaban J connectivity index is 2.02. The average Bonchev–Trinajstić information content (AvgIpc) is 3.12. The van der Waals surface area contributed by atoms with Crippen LogP contribution in [0.4, 0.5) is 11.4 Å². The van der Waals surface area contributed by atoms with Gasteiger partial charge in [0.25, 0.3) is 0 Å². The lowest BCUT2D eigenvalue weighted by Gasteiger charge is -2.21. The first-order chi connectivity index (χ1) is 8.57. The van der Waals surface area contributed by atoms with Crippen LogP contribution >= 0.6 is 0 Å². The molecule has 18 heavy (non-hydrogen) atoms. The van der Waals surface area contributed by atoms with Gasteiger partial charge in [0.2, 0.25) is 0 Å². The molecule has 1 aromatic carbocycles. The Kier molecular flexibility index (Phi) is 3.47. The summed E-state index contributed by atoms with van der Waals surface area (Å²) in [6.07, 6.45) is 3.01. The first-order valence-corrected chi connectivity index (χ1v) is 6.57. The van der Waals surface area contributed by atoms with Crippen LogP contribution in [0, 0.1) is 22.7 Å². The topological polar surface area (TPSA) is 61.8 Å². The second-order valence-corrected chi connectivity index (χ2v) is 5.62. The van der Waals surface area contributed by atoms with E-state index in [1.165, 1.54) is 12.8 Å². The van der Waals surface area contributed by atoms with Crippen molar-refractivity contribution in [1.29, 1.82) is 5.26 Å². The molecular formula is C15H21N3. The predicted molar refractivity (Wildman–Crippen MR) is 75.2 cm³/mol. The number of hydrogen-bond acceptors (Lipinski definition) is 3. The van der Waals surface area contributed by atoms with Crippen molar-refractivity contribution in [2.24, 2.45) is 11.3 Å². The van der Waals surface area contributed by atoms with Gasteiger partial charge >= 0.3 is 0 Å². The number of nitrogens with zero attached hydrogens (tertiary/aromatic N) is 1. The minimum atomic E-state index is 0.372. The molecule has 0 atom stereocenters. The van der Waals surface area contributed by atoms with Crippen LogP contribution in [0.3, 0.4) is 0 Å². The highest BCUT2D eigenvalue weighted by molar-refractivity contribution is 5.58. The molecule has 0 radical (unpaired) electrons. The molecule has 3 heteroatoms. The maximum atomic E-state index is 8.75. The SMILES string of the molecule is CC(C)C1(CNc2ccc(N)c(CC#N)c2)CC1. The van der Waals surface area contributed by atoms with Gasteiger partial charge in [0.15, 0.2) is 0 Å². The van der Waals surface area contributed by atoms with E-state index < -0.39 is 0 Å². The van der Waals surface area contributed by atoms with Crippen LogP contribution in [-0.4, -0.2) is 6.54 Å². The first kappa shape index (κ1) is 12.8. The molecule has 0 saturated heterocycles. The van der Waals surface area contributed by atoms with Crippen molar-refractivity contribution >= 4 is 11.4 Å². The molecule has 0 aromatic heterocycles. The summed E-state index contributed by atoms with van der Waals surface area (Å²) >= 11 is 0. The standard InChI is InChI=1S/C15H21N3/c1-11(2)15(6-7-15)10-18-13-3-4-14(17)12(9-13)5-8-16/h3-4,9,11,18H,5-7,10,17H2,1-2H3. The van der Waals surface area contributed by atoms with Gasteiger partial charge in [0, 0.05) is 17.9 Å². The third kappa shape index (κ3) is 2.59. The Bertz CT molecular complexity index is 467. The molecular weight excluding hydrogens is 222 g/mol. The van der Waals surface area contributed by atoms with E-state index in [1.54, 1.807) is 0 Å². The second kappa shape index (κ2) is 4.89. The zero-order valence-corrected chi connectivity index (χ0v) is 11.2. The van der Waals surface area contributed by atoms with Crippen LogP contribution in [0.2, 0.25) is 0 Å². The van der Waals surface area contributed by atoms with Crippen molar-refractivity contribution in [3.05, 3.63) is 23.8 Å². The lowest BCUT2D eigenvalue weighted by atomic mass is 9.92. The molecule has 1 aliphatic rings. The molecule has 1 saturated carbocycles. The van der Waals surface area contributed by atoms with Crippen molar-refractivity contribution in [3.63, 3.8) is 0 Å². The van der Waals surface area contributed by atoms with Crippen molar-refractivity contribution in [2.45, 2.75) is 33.1 Å². The molecule has 1 fully saturated rings. The minimum absolute atomic E-state index is 0.372. The zero-order chi connectivity index (χ0) is 13.2. The fourth-order valence-electron chi connectivity index (χ4n) is 2.35. The van der Waals surface area contributed by atoms with E-state index in [0.717, 1.165) is 23.7 Å². The Morgan fingerprint density at radius 2 is 2.17 bits per heavy atom. The molecule has 0 aliphatic heterocycles. The highest BCUT2D eigenvalue weighted by Crippen LogP contribution is 2.51. The molecule has 96 valence electrons. The molecule has 0 unspecified atom stereocenters. The van der Waals surface area contributed by atoms with Crippen LogP contribution in [0.1, 0.15) is 32.3 Å². The Morgan fingerprint density at radius 3 is 2.72 bits per heavy atom. The largest absolute Gasteiger partial charge is 0.398 e. The normalized spacial score (nSPS) is 16.3. The van der Waals surface area contributed by atoms with Gasteiger partial charge in [-0.05, 0) is 47.9 Å². The molecule has 1 aromatic rings. The van der Waals surface area contributed by atoms with Gasteiger partial charge < -0.3 is 11.1 Å². The predicted octanol–water partition coefficient (Wildman–Crippen LogP) is 3.18. The number of nitriles is 1. The lowest BCUT2D eigenvalue weighted by molar-refractivity contribution is 0.380. The summed E-state index contributed by atoms with van der Waals surface area (Å²) in [4.78, 5) is 0. The summed E-state index contributed by atoms with van der Waals surface area (Å²) in [6.45, 7) is 5.60. The second-order valence-electron chi connectivity index (χ2n) is 5.62. The third-order valence-electron chi connectivity index (χ3n) is 4.17. The summed E-state index contributed by atoms with van der Waals surface area (Å²) in [7, 11) is 0. The Hall–Kier alpha value is -1.69. The highest BCUT2D eigenvalue weighted by Gasteiger charge is 2.44. The van der Waals surface area contributed by atoms with E-state index >= 15 is 0 Å². The van der Waals surface area contributed by atoms with E-state index in [-0.39, 0.29) is 0 Å². The maximum Gasteiger partial charge on any atom is 0.0670 e. The molecule has 0 bridgehead atoms. The lowest BCUT2D eigenvalue weighted by Crippen LogP contribution is -2.20. The fraction of sp³-hybridized carbons (Fsp3) is 0.533. The van der Waals surface area contributed by atoms with Crippen molar-refractivity contribution in [2.75, 3.05) is 17.6 Å². The van der Waals surface area contributed by atoms with E-state index in [4.69, 9.17) is 11.0 Å². The third-order valence-corrected chi connectivity index (χ3v) is 4.17. The van der Waals surface area contributed by atoms with Crippen LogP contribution in [0.25, 0.3) is 0 Å². The highest BCUT2D eigenvalue weighted by atomic mass is 14.9. The van der Waals surface area contributed by atoms with Crippen LogP contribution in [-0.2, 0) is 6.42 Å². The van der Waals surface area contributed by atoms with Crippen LogP contribution in [0.15, 0.2) is 18.2 Å². The number of nitrogens with two attached hydrogens (primary N) is 1. The number of benzene rings is 1. The number of rotatable bonds is 5. The van der Waals surface area contributed by atoms with Gasteiger partial charge in [0.05, 0.1) is 12.5 Å². The number of nitrogens with one attached hydrogen (secondary N) is 1. The maximum absolute atomic E-state index is 8.75. The Labute approximate surface area is 109 Å². The molecule has 3 N–H and O–H groups in total. The summed E-state index contributed by atoms with van der Waals surface area (Å²) in [5.41, 5.74) is 9.01. The van der Waals surface area contributed by atoms with Gasteiger partial charge in [0.1, 0.15) is 0 Å². The minimum Gasteiger partial charge on any atom is -0.398 e. The fourth-order valence-corrected chi connectivity index (χ4v) is 2.35. The first-order valence-electron chi connectivity index (χ1n) is 6.57. The van der Waals surface area contributed by atoms with Gasteiger partial charge in [-0.25, -0.2) is 0 Å². The van der Waals surface area contributed by atoms with Gasteiger partial charge in [-0.1, -0.05) is 13.8 Å².